The summed E-state index contributed by atoms with van der Waals surface area (Å²) in [6, 6.07) is 11.0. The summed E-state index contributed by atoms with van der Waals surface area (Å²) in [6.07, 6.45) is 5.56. The number of imidazole rings is 1. The van der Waals surface area contributed by atoms with E-state index in [9.17, 15) is 9.59 Å². The second-order valence-electron chi connectivity index (χ2n) is 6.94. The van der Waals surface area contributed by atoms with Gasteiger partial charge in [-0.05, 0) is 49.7 Å². The van der Waals surface area contributed by atoms with Gasteiger partial charge in [0.25, 0.3) is 0 Å². The highest BCUT2D eigenvalue weighted by Crippen LogP contribution is 2.14. The molecule has 0 fully saturated rings. The van der Waals surface area contributed by atoms with Crippen molar-refractivity contribution >= 4 is 17.6 Å². The highest BCUT2D eigenvalue weighted by molar-refractivity contribution is 6.30. The van der Waals surface area contributed by atoms with E-state index in [1.807, 2.05) is 42.3 Å². The van der Waals surface area contributed by atoms with Crippen LogP contribution < -0.4 is 5.69 Å². The molecule has 8 heteroatoms. The van der Waals surface area contributed by atoms with Gasteiger partial charge in [0, 0.05) is 42.4 Å². The molecule has 0 saturated carbocycles. The van der Waals surface area contributed by atoms with Crippen LogP contribution in [0.5, 0.6) is 0 Å². The number of esters is 1. The van der Waals surface area contributed by atoms with Gasteiger partial charge in [-0.1, -0.05) is 17.7 Å². The second-order valence-corrected chi connectivity index (χ2v) is 7.38. The van der Waals surface area contributed by atoms with E-state index >= 15 is 0 Å². The summed E-state index contributed by atoms with van der Waals surface area (Å²) in [5.74, 6) is -0.254. The molecule has 3 aromatic rings. The molecular weight excluding hydrogens is 404 g/mol. The van der Waals surface area contributed by atoms with Gasteiger partial charge in [0.15, 0.2) is 0 Å². The highest BCUT2D eigenvalue weighted by Gasteiger charge is 2.15. The van der Waals surface area contributed by atoms with Gasteiger partial charge in [-0.15, -0.1) is 0 Å². The lowest BCUT2D eigenvalue weighted by Crippen LogP contribution is -2.34. The number of ether oxygens (including phenoxy) is 1. The third-order valence-corrected chi connectivity index (χ3v) is 4.89. The Labute approximate surface area is 180 Å². The largest absolute Gasteiger partial charge is 0.466 e. The van der Waals surface area contributed by atoms with Crippen molar-refractivity contribution in [2.45, 2.75) is 33.5 Å². The van der Waals surface area contributed by atoms with E-state index < -0.39 is 0 Å². The van der Waals surface area contributed by atoms with E-state index in [2.05, 4.69) is 4.98 Å². The lowest BCUT2D eigenvalue weighted by Gasteiger charge is -2.22. The number of nitrogens with zero attached hydrogens (tertiary/aromatic N) is 4. The first kappa shape index (κ1) is 21.8. The summed E-state index contributed by atoms with van der Waals surface area (Å²) in [5, 5.41) is 0.616. The Morgan fingerprint density at radius 1 is 1.23 bits per heavy atom. The Balaban J connectivity index is 1.82. The van der Waals surface area contributed by atoms with Crippen LogP contribution in [-0.2, 0) is 22.7 Å². The van der Waals surface area contributed by atoms with Crippen molar-refractivity contribution in [1.82, 2.24) is 19.0 Å². The topological polar surface area (TPSA) is 69.4 Å². The zero-order chi connectivity index (χ0) is 21.5. The molecule has 0 unspecified atom stereocenters. The number of aryl methyl sites for hydroxylation is 1. The molecule has 0 spiro atoms. The fraction of sp³-hybridized carbons (Fsp3) is 0.318. The Kier molecular flexibility index (Phi) is 7.43. The minimum absolute atomic E-state index is 0.151. The fourth-order valence-corrected chi connectivity index (χ4v) is 3.40. The van der Waals surface area contributed by atoms with Crippen LogP contribution in [0.15, 0.2) is 59.8 Å². The molecular formula is C22H25ClN4O3. The standard InChI is InChI=1S/C22H25ClN4O3/c1-3-30-21(28)10-12-25(15-18-5-4-11-24-13-18)16-26-14-17(2)27(22(26)29)20-8-6-19(23)7-9-20/h4-9,11,13-14H,3,10,12,15-16H2,1-2H3. The van der Waals surface area contributed by atoms with Gasteiger partial charge in [0.05, 0.1) is 25.4 Å². The zero-order valence-corrected chi connectivity index (χ0v) is 17.9. The van der Waals surface area contributed by atoms with Crippen molar-refractivity contribution in [1.29, 1.82) is 0 Å². The Morgan fingerprint density at radius 3 is 2.67 bits per heavy atom. The summed E-state index contributed by atoms with van der Waals surface area (Å²) >= 11 is 5.97. The summed E-state index contributed by atoms with van der Waals surface area (Å²) in [4.78, 5) is 31.1. The van der Waals surface area contributed by atoms with E-state index in [4.69, 9.17) is 16.3 Å². The van der Waals surface area contributed by atoms with Gasteiger partial charge in [0.1, 0.15) is 0 Å². The number of rotatable bonds is 9. The molecule has 0 bridgehead atoms. The molecule has 0 amide bonds. The van der Waals surface area contributed by atoms with Crippen molar-refractivity contribution in [2.75, 3.05) is 13.2 Å². The van der Waals surface area contributed by atoms with Crippen LogP contribution in [0.3, 0.4) is 0 Å². The van der Waals surface area contributed by atoms with Crippen molar-refractivity contribution in [3.8, 4) is 5.69 Å². The van der Waals surface area contributed by atoms with E-state index in [-0.39, 0.29) is 18.1 Å². The number of pyridine rings is 1. The van der Waals surface area contributed by atoms with Gasteiger partial charge >= 0.3 is 11.7 Å². The minimum atomic E-state index is -0.254. The van der Waals surface area contributed by atoms with Crippen LogP contribution in [0.4, 0.5) is 0 Å². The molecule has 0 atom stereocenters. The Hall–Kier alpha value is -2.90. The number of hydrogen-bond donors (Lipinski definition) is 0. The van der Waals surface area contributed by atoms with Gasteiger partial charge in [-0.25, -0.2) is 4.79 Å². The molecule has 1 aromatic carbocycles. The number of hydrogen-bond acceptors (Lipinski definition) is 5. The first-order chi connectivity index (χ1) is 14.5. The van der Waals surface area contributed by atoms with E-state index in [1.165, 1.54) is 0 Å². The molecule has 0 aliphatic carbocycles. The molecule has 7 nitrogen and oxygen atoms in total. The van der Waals surface area contributed by atoms with Gasteiger partial charge in [-0.2, -0.15) is 0 Å². The zero-order valence-electron chi connectivity index (χ0n) is 17.1. The number of halogens is 1. The van der Waals surface area contributed by atoms with Gasteiger partial charge < -0.3 is 4.74 Å². The van der Waals surface area contributed by atoms with E-state index in [0.717, 1.165) is 16.9 Å². The third-order valence-electron chi connectivity index (χ3n) is 4.64. The molecule has 2 aromatic heterocycles. The minimum Gasteiger partial charge on any atom is -0.466 e. The van der Waals surface area contributed by atoms with E-state index in [1.54, 1.807) is 40.6 Å². The lowest BCUT2D eigenvalue weighted by atomic mass is 10.2. The molecule has 158 valence electrons. The second kappa shape index (κ2) is 10.2. The summed E-state index contributed by atoms with van der Waals surface area (Å²) in [6.45, 7) is 5.39. The molecule has 30 heavy (non-hydrogen) atoms. The molecule has 0 N–H and O–H groups in total. The monoisotopic (exact) mass is 428 g/mol. The molecule has 3 rings (SSSR count). The number of carbonyl (C=O) groups is 1. The fourth-order valence-electron chi connectivity index (χ4n) is 3.27. The van der Waals surface area contributed by atoms with Gasteiger partial charge in [-0.3, -0.25) is 23.8 Å². The quantitative estimate of drug-likeness (QED) is 0.488. The molecule has 0 aliphatic rings. The maximum absolute atomic E-state index is 13.1. The summed E-state index contributed by atoms with van der Waals surface area (Å²) < 4.78 is 8.33. The van der Waals surface area contributed by atoms with Crippen molar-refractivity contribution in [3.63, 3.8) is 0 Å². The maximum Gasteiger partial charge on any atom is 0.334 e. The summed E-state index contributed by atoms with van der Waals surface area (Å²) in [7, 11) is 0. The van der Waals surface area contributed by atoms with Crippen molar-refractivity contribution in [2.24, 2.45) is 0 Å². The predicted molar refractivity (Wildman–Crippen MR) is 116 cm³/mol. The lowest BCUT2D eigenvalue weighted by molar-refractivity contribution is -0.143. The number of aromatic nitrogens is 3. The van der Waals surface area contributed by atoms with Crippen LogP contribution in [0.1, 0.15) is 24.6 Å². The van der Waals surface area contributed by atoms with Crippen LogP contribution in [0.2, 0.25) is 5.02 Å². The Morgan fingerprint density at radius 2 is 2.00 bits per heavy atom. The third kappa shape index (κ3) is 5.58. The molecule has 0 radical (unpaired) electrons. The average molecular weight is 429 g/mol. The van der Waals surface area contributed by atoms with Crippen LogP contribution >= 0.6 is 11.6 Å². The van der Waals surface area contributed by atoms with Crippen LogP contribution in [-0.4, -0.2) is 38.1 Å². The normalized spacial score (nSPS) is 11.1. The molecule has 0 aliphatic heterocycles. The van der Waals surface area contributed by atoms with E-state index in [0.29, 0.717) is 31.4 Å². The molecule has 2 heterocycles. The first-order valence-corrected chi connectivity index (χ1v) is 10.2. The van der Waals surface area contributed by atoms with Crippen LogP contribution in [0.25, 0.3) is 5.69 Å². The number of benzene rings is 1. The summed E-state index contributed by atoms with van der Waals surface area (Å²) in [5.41, 5.74) is 2.42. The highest BCUT2D eigenvalue weighted by atomic mass is 35.5. The maximum atomic E-state index is 13.1. The smallest absolute Gasteiger partial charge is 0.334 e. The van der Waals surface area contributed by atoms with Crippen LogP contribution in [0, 0.1) is 6.92 Å². The Bertz CT molecular complexity index is 1030. The molecule has 0 saturated heterocycles. The van der Waals surface area contributed by atoms with Gasteiger partial charge in [0.2, 0.25) is 0 Å². The average Bonchev–Trinajstić information content (AvgIpc) is 3.01. The predicted octanol–water partition coefficient (Wildman–Crippen LogP) is 3.41. The van der Waals surface area contributed by atoms with Crippen molar-refractivity contribution in [3.05, 3.63) is 81.8 Å². The first-order valence-electron chi connectivity index (χ1n) is 9.79. The van der Waals surface area contributed by atoms with Crippen molar-refractivity contribution < 1.29 is 9.53 Å². The number of carbonyl (C=O) groups excluding carboxylic acids is 1. The SMILES string of the molecule is CCOC(=O)CCN(Cc1cccnc1)Cn1cc(C)n(-c2ccc(Cl)cc2)c1=O.